The minimum absolute atomic E-state index is 0.119. The highest BCUT2D eigenvalue weighted by Gasteiger charge is 2.22. The Balaban J connectivity index is 1.76. The van der Waals surface area contributed by atoms with Crippen LogP contribution in [0.25, 0.3) is 0 Å². The van der Waals surface area contributed by atoms with Gasteiger partial charge < -0.3 is 4.84 Å². The van der Waals surface area contributed by atoms with Gasteiger partial charge in [-0.05, 0) is 55.0 Å². The molecule has 0 fully saturated rings. The lowest BCUT2D eigenvalue weighted by atomic mass is 9.93. The number of rotatable bonds is 11. The molecule has 33 heavy (non-hydrogen) atoms. The summed E-state index contributed by atoms with van der Waals surface area (Å²) in [6.45, 7) is 4.10. The van der Waals surface area contributed by atoms with Gasteiger partial charge in [0.1, 0.15) is 5.71 Å². The van der Waals surface area contributed by atoms with Crippen LogP contribution in [0.2, 0.25) is 0 Å². The van der Waals surface area contributed by atoms with Gasteiger partial charge in [0.15, 0.2) is 0 Å². The molecule has 0 spiro atoms. The quantitative estimate of drug-likeness (QED) is 0.0982. The third-order valence-electron chi connectivity index (χ3n) is 5.27. The van der Waals surface area contributed by atoms with Crippen molar-refractivity contribution in [2.75, 3.05) is 0 Å². The van der Waals surface area contributed by atoms with Gasteiger partial charge in [0.25, 0.3) is 0 Å². The van der Waals surface area contributed by atoms with Crippen molar-refractivity contribution in [1.82, 2.24) is 0 Å². The van der Waals surface area contributed by atoms with Crippen LogP contribution >= 0.6 is 11.8 Å². The molecule has 3 aromatic rings. The molecule has 0 amide bonds. The van der Waals surface area contributed by atoms with Crippen molar-refractivity contribution < 1.29 is 14.4 Å². The molecule has 0 saturated carbocycles. The number of nitrogens with zero attached hydrogens (tertiary/aromatic N) is 1. The Morgan fingerprint density at radius 2 is 1.42 bits per heavy atom. The lowest BCUT2D eigenvalue weighted by Gasteiger charge is -2.13. The maximum Gasteiger partial charge on any atom is 0.365 e. The largest absolute Gasteiger partial charge is 0.365 e. The average Bonchev–Trinajstić information content (AvgIpc) is 2.85. The maximum absolute atomic E-state index is 13.3. The van der Waals surface area contributed by atoms with Crippen molar-refractivity contribution in [3.8, 4) is 0 Å². The standard InChI is InChI=1S/C28H29NO3S/c1-3-4-7-12-21(2)26(29-32-28(31)23-13-8-5-9-14-23)27(30)22-17-19-25(20-18-22)33-24-15-10-6-11-16-24/h5-6,8-11,13-21H,3-4,7,12H2,1-2H3. The van der Waals surface area contributed by atoms with Gasteiger partial charge in [0.05, 0.1) is 5.56 Å². The van der Waals surface area contributed by atoms with Crippen LogP contribution in [0.4, 0.5) is 0 Å². The molecule has 0 saturated heterocycles. The molecule has 0 bridgehead atoms. The first-order valence-electron chi connectivity index (χ1n) is 11.3. The molecule has 0 aliphatic rings. The SMILES string of the molecule is CCCCCC(C)C(=NOC(=O)c1ccccc1)C(=O)c1ccc(Sc2ccccc2)cc1. The zero-order valence-corrected chi connectivity index (χ0v) is 19.9. The predicted octanol–water partition coefficient (Wildman–Crippen LogP) is 7.45. The van der Waals surface area contributed by atoms with Crippen LogP contribution in [0.3, 0.4) is 0 Å². The van der Waals surface area contributed by atoms with Crippen molar-refractivity contribution in [3.05, 3.63) is 96.1 Å². The molecule has 3 aromatic carbocycles. The maximum atomic E-state index is 13.3. The van der Waals surface area contributed by atoms with E-state index in [1.165, 1.54) is 0 Å². The summed E-state index contributed by atoms with van der Waals surface area (Å²) in [6, 6.07) is 26.2. The van der Waals surface area contributed by atoms with E-state index in [1.807, 2.05) is 55.5 Å². The van der Waals surface area contributed by atoms with Crippen molar-refractivity contribution in [2.45, 2.75) is 49.3 Å². The lowest BCUT2D eigenvalue weighted by Crippen LogP contribution is -2.23. The Morgan fingerprint density at radius 1 is 0.818 bits per heavy atom. The number of ketones is 1. The summed E-state index contributed by atoms with van der Waals surface area (Å²) in [5, 5.41) is 4.06. The van der Waals surface area contributed by atoms with Crippen molar-refractivity contribution in [1.29, 1.82) is 0 Å². The summed E-state index contributed by atoms with van der Waals surface area (Å²) >= 11 is 1.64. The summed E-state index contributed by atoms with van der Waals surface area (Å²) in [6.07, 6.45) is 3.98. The summed E-state index contributed by atoms with van der Waals surface area (Å²) in [5.41, 5.74) is 1.21. The molecule has 0 N–H and O–H groups in total. The molecule has 5 heteroatoms. The van der Waals surface area contributed by atoms with E-state index < -0.39 is 5.97 Å². The number of hydrogen-bond donors (Lipinski definition) is 0. The fraction of sp³-hybridized carbons (Fsp3) is 0.250. The van der Waals surface area contributed by atoms with Gasteiger partial charge in [-0.25, -0.2) is 4.79 Å². The van der Waals surface area contributed by atoms with Gasteiger partial charge in [0.2, 0.25) is 5.78 Å². The molecular weight excluding hydrogens is 430 g/mol. The molecule has 1 unspecified atom stereocenters. The van der Waals surface area contributed by atoms with E-state index in [1.54, 1.807) is 48.2 Å². The zero-order valence-electron chi connectivity index (χ0n) is 19.1. The Labute approximate surface area is 200 Å². The number of carbonyl (C=O) groups is 2. The number of unbranched alkanes of at least 4 members (excludes halogenated alkanes) is 2. The smallest absolute Gasteiger partial charge is 0.312 e. The van der Waals surface area contributed by atoms with Crippen LogP contribution in [0, 0.1) is 5.92 Å². The Hall–Kier alpha value is -3.18. The third-order valence-corrected chi connectivity index (χ3v) is 6.29. The van der Waals surface area contributed by atoms with Gasteiger partial charge in [-0.2, -0.15) is 0 Å². The molecule has 4 nitrogen and oxygen atoms in total. The number of hydrogen-bond acceptors (Lipinski definition) is 5. The first-order valence-corrected chi connectivity index (χ1v) is 12.1. The average molecular weight is 460 g/mol. The first-order chi connectivity index (χ1) is 16.1. The monoisotopic (exact) mass is 459 g/mol. The van der Waals surface area contributed by atoms with E-state index >= 15 is 0 Å². The number of benzene rings is 3. The number of oxime groups is 1. The topological polar surface area (TPSA) is 55.7 Å². The van der Waals surface area contributed by atoms with Crippen LogP contribution in [0.5, 0.6) is 0 Å². The molecule has 0 aliphatic carbocycles. The van der Waals surface area contributed by atoms with Crippen LogP contribution in [0.1, 0.15) is 60.2 Å². The summed E-state index contributed by atoms with van der Waals surface area (Å²) < 4.78 is 0. The zero-order chi connectivity index (χ0) is 23.5. The van der Waals surface area contributed by atoms with E-state index in [9.17, 15) is 9.59 Å². The van der Waals surface area contributed by atoms with Crippen molar-refractivity contribution in [3.63, 3.8) is 0 Å². The van der Waals surface area contributed by atoms with Gasteiger partial charge in [0, 0.05) is 21.3 Å². The van der Waals surface area contributed by atoms with Gasteiger partial charge in [-0.15, -0.1) is 0 Å². The molecule has 0 heterocycles. The second kappa shape index (κ2) is 12.8. The molecular formula is C28H29NO3S. The highest BCUT2D eigenvalue weighted by Crippen LogP contribution is 2.27. The minimum atomic E-state index is -0.573. The summed E-state index contributed by atoms with van der Waals surface area (Å²) in [7, 11) is 0. The lowest BCUT2D eigenvalue weighted by molar-refractivity contribution is 0.0513. The van der Waals surface area contributed by atoms with Crippen molar-refractivity contribution >= 4 is 29.2 Å². The Morgan fingerprint density at radius 3 is 2.06 bits per heavy atom. The second-order valence-corrected chi connectivity index (χ2v) is 9.03. The van der Waals surface area contributed by atoms with E-state index in [0.717, 1.165) is 35.5 Å². The van der Waals surface area contributed by atoms with Crippen molar-refractivity contribution in [2.24, 2.45) is 11.1 Å². The van der Waals surface area contributed by atoms with Crippen LogP contribution < -0.4 is 0 Å². The van der Waals surface area contributed by atoms with Crippen LogP contribution in [-0.2, 0) is 4.84 Å². The van der Waals surface area contributed by atoms with E-state index in [-0.39, 0.29) is 17.4 Å². The van der Waals surface area contributed by atoms with E-state index in [0.29, 0.717) is 11.1 Å². The fourth-order valence-corrected chi connectivity index (χ4v) is 4.19. The highest BCUT2D eigenvalue weighted by molar-refractivity contribution is 7.99. The fourth-order valence-electron chi connectivity index (χ4n) is 3.36. The molecule has 0 radical (unpaired) electrons. The highest BCUT2D eigenvalue weighted by atomic mass is 32.2. The van der Waals surface area contributed by atoms with Crippen LogP contribution in [-0.4, -0.2) is 17.5 Å². The van der Waals surface area contributed by atoms with Crippen LogP contribution in [0.15, 0.2) is 99.9 Å². The molecule has 1 atom stereocenters. The molecule has 0 aliphatic heterocycles. The Bertz CT molecular complexity index is 1060. The minimum Gasteiger partial charge on any atom is -0.312 e. The first kappa shape index (κ1) is 24.5. The third kappa shape index (κ3) is 7.43. The molecule has 170 valence electrons. The van der Waals surface area contributed by atoms with Gasteiger partial charge in [-0.1, -0.05) is 86.4 Å². The molecule has 3 rings (SSSR count). The summed E-state index contributed by atoms with van der Waals surface area (Å²) in [4.78, 5) is 33.0. The van der Waals surface area contributed by atoms with Gasteiger partial charge in [-0.3, -0.25) is 4.79 Å². The van der Waals surface area contributed by atoms with Gasteiger partial charge >= 0.3 is 5.97 Å². The Kier molecular flexibility index (Phi) is 9.45. The second-order valence-electron chi connectivity index (χ2n) is 7.89. The summed E-state index contributed by atoms with van der Waals surface area (Å²) in [5.74, 6) is -0.904. The van der Waals surface area contributed by atoms with E-state index in [2.05, 4.69) is 12.1 Å². The predicted molar refractivity (Wildman–Crippen MR) is 134 cm³/mol. The number of Topliss-reactive ketones (excluding diaryl/α,β-unsaturated/α-hetero) is 1. The molecule has 0 aromatic heterocycles. The normalized spacial score (nSPS) is 12.2. The van der Waals surface area contributed by atoms with E-state index in [4.69, 9.17) is 4.84 Å². The number of carbonyl (C=O) groups excluding carboxylic acids is 2.